The second-order valence-corrected chi connectivity index (χ2v) is 6.09. The average Bonchev–Trinajstić information content (AvgIpc) is 2.20. The largest absolute Gasteiger partial charge is 0.392 e. The van der Waals surface area contributed by atoms with Crippen molar-refractivity contribution in [1.29, 1.82) is 0 Å². The van der Waals surface area contributed by atoms with Crippen LogP contribution in [0.4, 0.5) is 4.39 Å². The van der Waals surface area contributed by atoms with E-state index < -0.39 is 21.9 Å². The Morgan fingerprint density at radius 1 is 1.35 bits per heavy atom. The first-order valence-electron chi connectivity index (χ1n) is 5.18. The molecular weight excluding hydrogens is 245 g/mol. The maximum Gasteiger partial charge on any atom is 0.218 e. The zero-order valence-electron chi connectivity index (χ0n) is 9.80. The highest BCUT2D eigenvalue weighted by molar-refractivity contribution is 7.88. The highest BCUT2D eigenvalue weighted by atomic mass is 32.2. The van der Waals surface area contributed by atoms with Crippen LogP contribution in [-0.2, 0) is 15.8 Å². The molecule has 0 spiro atoms. The van der Waals surface area contributed by atoms with Gasteiger partial charge < -0.3 is 5.11 Å². The van der Waals surface area contributed by atoms with Crippen LogP contribution in [0.25, 0.3) is 0 Å². The van der Waals surface area contributed by atoms with E-state index in [1.165, 1.54) is 38.2 Å². The molecule has 0 saturated heterocycles. The molecule has 1 atom stereocenters. The number of nitrogens with zero attached hydrogens (tertiary/aromatic N) is 1. The number of hydrogen-bond acceptors (Lipinski definition) is 3. The van der Waals surface area contributed by atoms with E-state index in [1.807, 2.05) is 0 Å². The van der Waals surface area contributed by atoms with E-state index in [4.69, 9.17) is 5.11 Å². The summed E-state index contributed by atoms with van der Waals surface area (Å²) in [4.78, 5) is 0. The highest BCUT2D eigenvalue weighted by Crippen LogP contribution is 2.10. The molecule has 0 bridgehead atoms. The van der Waals surface area contributed by atoms with E-state index in [-0.39, 0.29) is 12.3 Å². The average molecular weight is 261 g/mol. The van der Waals surface area contributed by atoms with Gasteiger partial charge >= 0.3 is 0 Å². The van der Waals surface area contributed by atoms with Gasteiger partial charge in [0.25, 0.3) is 0 Å². The van der Waals surface area contributed by atoms with Crippen molar-refractivity contribution < 1.29 is 17.9 Å². The van der Waals surface area contributed by atoms with Crippen LogP contribution in [-0.4, -0.2) is 37.5 Å². The Hall–Kier alpha value is -0.980. The van der Waals surface area contributed by atoms with Gasteiger partial charge in [-0.1, -0.05) is 12.1 Å². The molecule has 1 unspecified atom stereocenters. The van der Waals surface area contributed by atoms with Crippen molar-refractivity contribution >= 4 is 10.0 Å². The van der Waals surface area contributed by atoms with E-state index in [0.717, 1.165) is 4.31 Å². The minimum Gasteiger partial charge on any atom is -0.392 e. The monoisotopic (exact) mass is 261 g/mol. The maximum absolute atomic E-state index is 12.7. The summed E-state index contributed by atoms with van der Waals surface area (Å²) < 4.78 is 37.4. The van der Waals surface area contributed by atoms with E-state index in [1.54, 1.807) is 0 Å². The van der Waals surface area contributed by atoms with Crippen LogP contribution >= 0.6 is 0 Å². The second-order valence-electron chi connectivity index (χ2n) is 4.01. The van der Waals surface area contributed by atoms with Crippen LogP contribution in [0.15, 0.2) is 24.3 Å². The fourth-order valence-electron chi connectivity index (χ4n) is 1.39. The van der Waals surface area contributed by atoms with E-state index in [2.05, 4.69) is 0 Å². The molecule has 96 valence electrons. The number of aliphatic hydroxyl groups excluding tert-OH is 1. The molecular formula is C11H16FNO3S. The topological polar surface area (TPSA) is 57.6 Å². The van der Waals surface area contributed by atoms with Gasteiger partial charge in [-0.3, -0.25) is 0 Å². The summed E-state index contributed by atoms with van der Waals surface area (Å²) in [5.41, 5.74) is 0.517. The van der Waals surface area contributed by atoms with Crippen molar-refractivity contribution in [3.63, 3.8) is 0 Å². The third-order valence-corrected chi connectivity index (χ3v) is 4.06. The summed E-state index contributed by atoms with van der Waals surface area (Å²) in [7, 11) is -2.06. The van der Waals surface area contributed by atoms with Gasteiger partial charge in [-0.05, 0) is 24.6 Å². The molecule has 0 fully saturated rings. The van der Waals surface area contributed by atoms with Gasteiger partial charge in [-0.25, -0.2) is 17.1 Å². The Kier molecular flexibility index (Phi) is 4.62. The van der Waals surface area contributed by atoms with Crippen LogP contribution in [0, 0.1) is 5.82 Å². The highest BCUT2D eigenvalue weighted by Gasteiger charge is 2.19. The van der Waals surface area contributed by atoms with Gasteiger partial charge in [0, 0.05) is 13.6 Å². The molecule has 0 aromatic heterocycles. The Morgan fingerprint density at radius 2 is 1.88 bits per heavy atom. The smallest absolute Gasteiger partial charge is 0.218 e. The summed E-state index contributed by atoms with van der Waals surface area (Å²) in [6, 6.07) is 5.31. The molecule has 17 heavy (non-hydrogen) atoms. The predicted octanol–water partition coefficient (Wildman–Crippen LogP) is 0.968. The number of hydrogen-bond donors (Lipinski definition) is 1. The third kappa shape index (κ3) is 4.41. The molecule has 0 aliphatic heterocycles. The first-order valence-corrected chi connectivity index (χ1v) is 6.78. The number of aliphatic hydroxyl groups is 1. The molecule has 0 aliphatic rings. The summed E-state index contributed by atoms with van der Waals surface area (Å²) in [6.07, 6.45) is -0.719. The normalized spacial score (nSPS) is 13.9. The first-order chi connectivity index (χ1) is 7.81. The number of halogens is 1. The lowest BCUT2D eigenvalue weighted by atomic mass is 10.2. The lowest BCUT2D eigenvalue weighted by Gasteiger charge is -2.18. The number of benzene rings is 1. The van der Waals surface area contributed by atoms with E-state index in [9.17, 15) is 12.8 Å². The van der Waals surface area contributed by atoms with Crippen LogP contribution in [0.5, 0.6) is 0 Å². The van der Waals surface area contributed by atoms with E-state index >= 15 is 0 Å². The Bertz CT molecular complexity index is 456. The van der Waals surface area contributed by atoms with Crippen molar-refractivity contribution in [3.8, 4) is 0 Å². The van der Waals surface area contributed by atoms with Crippen LogP contribution in [0.2, 0.25) is 0 Å². The lowest BCUT2D eigenvalue weighted by molar-refractivity contribution is 0.171. The molecule has 1 rings (SSSR count). The molecule has 0 heterocycles. The molecule has 0 radical (unpaired) electrons. The predicted molar refractivity (Wildman–Crippen MR) is 63.3 cm³/mol. The van der Waals surface area contributed by atoms with Crippen molar-refractivity contribution in [2.24, 2.45) is 0 Å². The van der Waals surface area contributed by atoms with Crippen LogP contribution < -0.4 is 0 Å². The Balaban J connectivity index is 2.76. The number of likely N-dealkylation sites (N-methyl/N-ethyl adjacent to an activating group) is 1. The quantitative estimate of drug-likeness (QED) is 0.859. The molecule has 1 aromatic carbocycles. The molecule has 0 saturated carbocycles. The standard InChI is InChI=1S/C11H16FNO3S/c1-9(14)7-13(2)17(15,16)8-10-3-5-11(12)6-4-10/h3-6,9,14H,7-8H2,1-2H3. The van der Waals surface area contributed by atoms with E-state index in [0.29, 0.717) is 5.56 Å². The molecule has 0 amide bonds. The van der Waals surface area contributed by atoms with Crippen molar-refractivity contribution in [1.82, 2.24) is 4.31 Å². The summed E-state index contributed by atoms with van der Waals surface area (Å²) in [6.45, 7) is 1.56. The number of rotatable bonds is 5. The fraction of sp³-hybridized carbons (Fsp3) is 0.455. The van der Waals surface area contributed by atoms with Gasteiger partial charge in [-0.2, -0.15) is 0 Å². The molecule has 1 N–H and O–H groups in total. The Morgan fingerprint density at radius 3 is 2.35 bits per heavy atom. The van der Waals surface area contributed by atoms with Crippen molar-refractivity contribution in [2.45, 2.75) is 18.8 Å². The molecule has 0 aliphatic carbocycles. The minimum atomic E-state index is -3.47. The van der Waals surface area contributed by atoms with Gasteiger partial charge in [0.05, 0.1) is 11.9 Å². The zero-order valence-corrected chi connectivity index (χ0v) is 10.6. The van der Waals surface area contributed by atoms with Crippen molar-refractivity contribution in [3.05, 3.63) is 35.6 Å². The minimum absolute atomic E-state index is 0.0452. The zero-order chi connectivity index (χ0) is 13.1. The lowest BCUT2D eigenvalue weighted by Crippen LogP contribution is -2.33. The number of sulfonamides is 1. The third-order valence-electron chi connectivity index (χ3n) is 2.26. The van der Waals surface area contributed by atoms with Gasteiger partial charge in [0.2, 0.25) is 10.0 Å². The Labute approximate surface area is 101 Å². The van der Waals surface area contributed by atoms with Crippen LogP contribution in [0.3, 0.4) is 0 Å². The van der Waals surface area contributed by atoms with Gasteiger partial charge in [-0.15, -0.1) is 0 Å². The van der Waals surface area contributed by atoms with Gasteiger partial charge in [0.15, 0.2) is 0 Å². The summed E-state index contributed by atoms with van der Waals surface area (Å²) in [5, 5.41) is 9.13. The SMILES string of the molecule is CC(O)CN(C)S(=O)(=O)Cc1ccc(F)cc1. The van der Waals surface area contributed by atoms with Crippen molar-refractivity contribution in [2.75, 3.05) is 13.6 Å². The summed E-state index contributed by atoms with van der Waals surface area (Å²) >= 11 is 0. The first kappa shape index (κ1) is 14.1. The van der Waals surface area contributed by atoms with Gasteiger partial charge in [0.1, 0.15) is 5.82 Å². The summed E-state index contributed by atoms with van der Waals surface area (Å²) in [5.74, 6) is -0.597. The fourth-order valence-corrected chi connectivity index (χ4v) is 2.66. The van der Waals surface area contributed by atoms with Crippen LogP contribution in [0.1, 0.15) is 12.5 Å². The molecule has 4 nitrogen and oxygen atoms in total. The maximum atomic E-state index is 12.7. The molecule has 6 heteroatoms. The second kappa shape index (κ2) is 5.57. The molecule has 1 aromatic rings.